The molecule has 1 fully saturated rings. The highest BCUT2D eigenvalue weighted by molar-refractivity contribution is 7.14. The molecule has 0 radical (unpaired) electrons. The van der Waals surface area contributed by atoms with Gasteiger partial charge in [-0.1, -0.05) is 24.3 Å². The quantitative estimate of drug-likeness (QED) is 0.298. The summed E-state index contributed by atoms with van der Waals surface area (Å²) in [6, 6.07) is 15.6. The molecule has 2 amide bonds. The number of benzene rings is 2. The van der Waals surface area contributed by atoms with Crippen LogP contribution >= 0.6 is 11.3 Å². The zero-order chi connectivity index (χ0) is 31.0. The number of aromatic nitrogens is 2. The van der Waals surface area contributed by atoms with Gasteiger partial charge in [0.15, 0.2) is 5.82 Å². The van der Waals surface area contributed by atoms with Gasteiger partial charge in [-0.05, 0) is 80.6 Å². The van der Waals surface area contributed by atoms with Crippen molar-refractivity contribution in [1.29, 1.82) is 0 Å². The monoisotopic (exact) mass is 610 g/mol. The fourth-order valence-electron chi connectivity index (χ4n) is 6.02. The molecule has 1 aliphatic carbocycles. The first-order chi connectivity index (χ1) is 21.2. The largest absolute Gasteiger partial charge is 0.344 e. The Bertz CT molecular complexity index is 1750. The third kappa shape index (κ3) is 6.05. The molecule has 0 spiro atoms. The van der Waals surface area contributed by atoms with E-state index >= 15 is 0 Å². The van der Waals surface area contributed by atoms with Crippen LogP contribution in [0.4, 0.5) is 17.2 Å². The summed E-state index contributed by atoms with van der Waals surface area (Å²) in [6.45, 7) is 3.47. The Balaban J connectivity index is 1.22. The molecule has 1 unspecified atom stereocenters. The fourth-order valence-corrected chi connectivity index (χ4v) is 7.16. The number of amides is 2. The lowest BCUT2D eigenvalue weighted by molar-refractivity contribution is -0.129. The van der Waals surface area contributed by atoms with Gasteiger partial charge in [-0.2, -0.15) is 0 Å². The maximum absolute atomic E-state index is 13.2. The predicted octanol–water partition coefficient (Wildman–Crippen LogP) is 5.53. The molecule has 6 rings (SSSR count). The summed E-state index contributed by atoms with van der Waals surface area (Å²) < 4.78 is 1.52. The van der Waals surface area contributed by atoms with Crippen LogP contribution in [0.3, 0.4) is 0 Å². The molecular formula is C34H38N6O3S. The van der Waals surface area contributed by atoms with E-state index in [1.54, 1.807) is 29.5 Å². The smallest absolute Gasteiger partial charge is 0.293 e. The zero-order valence-corrected chi connectivity index (χ0v) is 26.5. The number of anilines is 3. The SMILES string of the molecule is Cc1c(NC(=O)c2cc3c(s2)CCCC3)cccc1-c1cn(C)c(=O)c(Nc2ccc(C3CC(=O)N(C)CCN3C)cc2)n1. The van der Waals surface area contributed by atoms with Crippen molar-refractivity contribution in [1.82, 2.24) is 19.4 Å². The number of thiophene rings is 1. The first-order valence-corrected chi connectivity index (χ1v) is 15.9. The second kappa shape index (κ2) is 12.4. The normalized spacial score (nSPS) is 17.2. The minimum atomic E-state index is -0.251. The first kappa shape index (κ1) is 29.8. The molecular weight excluding hydrogens is 572 g/mol. The Hall–Kier alpha value is -4.28. The van der Waals surface area contributed by atoms with Gasteiger partial charge in [-0.25, -0.2) is 4.98 Å². The summed E-state index contributed by atoms with van der Waals surface area (Å²) in [5.74, 6) is 0.240. The van der Waals surface area contributed by atoms with E-state index in [9.17, 15) is 14.4 Å². The van der Waals surface area contributed by atoms with Gasteiger partial charge in [0, 0.05) is 67.7 Å². The van der Waals surface area contributed by atoms with E-state index in [-0.39, 0.29) is 29.2 Å². The van der Waals surface area contributed by atoms with Crippen LogP contribution in [0, 0.1) is 6.92 Å². The molecule has 1 atom stereocenters. The Labute approximate surface area is 261 Å². The lowest BCUT2D eigenvalue weighted by atomic mass is 9.99. The molecule has 1 saturated heterocycles. The van der Waals surface area contributed by atoms with Crippen molar-refractivity contribution >= 4 is 40.3 Å². The van der Waals surface area contributed by atoms with Gasteiger partial charge >= 0.3 is 0 Å². The summed E-state index contributed by atoms with van der Waals surface area (Å²) >= 11 is 1.60. The van der Waals surface area contributed by atoms with Crippen molar-refractivity contribution < 1.29 is 9.59 Å². The van der Waals surface area contributed by atoms with Crippen molar-refractivity contribution in [3.05, 3.63) is 91.5 Å². The van der Waals surface area contributed by atoms with E-state index in [1.807, 2.05) is 69.6 Å². The Morgan fingerprint density at radius 2 is 1.77 bits per heavy atom. The van der Waals surface area contributed by atoms with Crippen molar-refractivity contribution in [3.8, 4) is 11.3 Å². The molecule has 2 aliphatic rings. The topological polar surface area (TPSA) is 99.6 Å². The van der Waals surface area contributed by atoms with Crippen LogP contribution in [0.2, 0.25) is 0 Å². The molecule has 228 valence electrons. The summed E-state index contributed by atoms with van der Waals surface area (Å²) in [5.41, 5.74) is 5.87. The van der Waals surface area contributed by atoms with Gasteiger partial charge < -0.3 is 20.1 Å². The minimum Gasteiger partial charge on any atom is -0.344 e. The minimum absolute atomic E-state index is 0.00300. The van der Waals surface area contributed by atoms with Crippen LogP contribution in [0.5, 0.6) is 0 Å². The maximum Gasteiger partial charge on any atom is 0.293 e. The number of hydrogen-bond donors (Lipinski definition) is 2. The predicted molar refractivity (Wildman–Crippen MR) is 176 cm³/mol. The van der Waals surface area contributed by atoms with E-state index in [2.05, 4.69) is 15.5 Å². The second-order valence-corrected chi connectivity index (χ2v) is 13.0. The third-order valence-corrected chi connectivity index (χ3v) is 10.1. The highest BCUT2D eigenvalue weighted by Crippen LogP contribution is 2.32. The molecule has 9 nitrogen and oxygen atoms in total. The van der Waals surface area contributed by atoms with Crippen molar-refractivity contribution in [2.45, 2.75) is 45.1 Å². The third-order valence-electron chi connectivity index (χ3n) is 8.82. The van der Waals surface area contributed by atoms with Gasteiger partial charge in [-0.3, -0.25) is 19.3 Å². The van der Waals surface area contributed by atoms with E-state index < -0.39 is 0 Å². The zero-order valence-electron chi connectivity index (χ0n) is 25.6. The van der Waals surface area contributed by atoms with E-state index in [0.717, 1.165) is 46.6 Å². The van der Waals surface area contributed by atoms with Gasteiger partial charge in [0.05, 0.1) is 10.6 Å². The number of fused-ring (bicyclic) bond motifs is 1. The van der Waals surface area contributed by atoms with Gasteiger partial charge in [-0.15, -0.1) is 11.3 Å². The molecule has 0 saturated carbocycles. The molecule has 2 N–H and O–H groups in total. The van der Waals surface area contributed by atoms with Crippen molar-refractivity contribution in [3.63, 3.8) is 0 Å². The maximum atomic E-state index is 13.2. The van der Waals surface area contributed by atoms with Gasteiger partial charge in [0.1, 0.15) is 0 Å². The fraction of sp³-hybridized carbons (Fsp3) is 0.353. The number of hydrogen-bond acceptors (Lipinski definition) is 7. The van der Waals surface area contributed by atoms with Crippen LogP contribution in [0.1, 0.15) is 56.5 Å². The van der Waals surface area contributed by atoms with Crippen molar-refractivity contribution in [2.75, 3.05) is 37.8 Å². The summed E-state index contributed by atoms with van der Waals surface area (Å²) in [4.78, 5) is 49.5. The molecule has 2 aromatic heterocycles. The average molecular weight is 611 g/mol. The second-order valence-electron chi connectivity index (χ2n) is 11.9. The van der Waals surface area contributed by atoms with Gasteiger partial charge in [0.2, 0.25) is 5.91 Å². The number of likely N-dealkylation sites (N-methyl/N-ethyl adjacent to an activating group) is 2. The summed E-state index contributed by atoms with van der Waals surface area (Å²) in [7, 11) is 5.59. The highest BCUT2D eigenvalue weighted by atomic mass is 32.1. The molecule has 4 aromatic rings. The molecule has 10 heteroatoms. The van der Waals surface area contributed by atoms with Crippen molar-refractivity contribution in [2.24, 2.45) is 7.05 Å². The number of nitrogens with one attached hydrogen (secondary N) is 2. The molecule has 3 heterocycles. The van der Waals surface area contributed by atoms with E-state index in [0.29, 0.717) is 24.3 Å². The summed E-state index contributed by atoms with van der Waals surface area (Å²) in [5, 5.41) is 6.31. The molecule has 44 heavy (non-hydrogen) atoms. The Morgan fingerprint density at radius 3 is 2.55 bits per heavy atom. The Morgan fingerprint density at radius 1 is 1.00 bits per heavy atom. The number of nitrogens with zero attached hydrogens (tertiary/aromatic N) is 4. The highest BCUT2D eigenvalue weighted by Gasteiger charge is 2.26. The lowest BCUT2D eigenvalue weighted by Gasteiger charge is -2.25. The number of carbonyl (C=O) groups excluding carboxylic acids is 2. The average Bonchev–Trinajstić information content (AvgIpc) is 3.41. The van der Waals surface area contributed by atoms with E-state index in [1.165, 1.54) is 27.8 Å². The molecule has 1 aliphatic heterocycles. The number of carbonyl (C=O) groups is 2. The number of aryl methyl sites for hydroxylation is 3. The Kier molecular flexibility index (Phi) is 8.38. The number of rotatable bonds is 6. The van der Waals surface area contributed by atoms with Crippen LogP contribution in [-0.4, -0.2) is 58.4 Å². The van der Waals surface area contributed by atoms with Gasteiger partial charge in [0.25, 0.3) is 11.5 Å². The standard InChI is InChI=1S/C34H38N6O3S/c1-21-25(9-7-10-26(21)37-33(42)30-18-23-8-5-6-11-29(23)44-30)27-20-40(4)34(43)32(36-27)35-24-14-12-22(13-15-24)28-19-31(41)39(3)17-16-38(28)2/h7,9-10,12-15,18,20,28H,5-6,8,11,16-17,19H2,1-4H3,(H,35,36)(H,37,42). The van der Waals surface area contributed by atoms with Crippen LogP contribution < -0.4 is 16.2 Å². The first-order valence-electron chi connectivity index (χ1n) is 15.1. The summed E-state index contributed by atoms with van der Waals surface area (Å²) in [6.07, 6.45) is 6.61. The van der Waals surface area contributed by atoms with Crippen LogP contribution in [-0.2, 0) is 24.7 Å². The molecule has 2 aromatic carbocycles. The van der Waals surface area contributed by atoms with Crippen LogP contribution in [0.25, 0.3) is 11.3 Å². The lowest BCUT2D eigenvalue weighted by Crippen LogP contribution is -2.28. The van der Waals surface area contributed by atoms with E-state index in [4.69, 9.17) is 4.98 Å². The van der Waals surface area contributed by atoms with Crippen LogP contribution in [0.15, 0.2) is 59.5 Å². The molecule has 0 bridgehead atoms.